The lowest BCUT2D eigenvalue weighted by Gasteiger charge is -2.27. The van der Waals surface area contributed by atoms with Crippen molar-refractivity contribution in [2.45, 2.75) is 39.7 Å². The van der Waals surface area contributed by atoms with E-state index < -0.39 is 0 Å². The summed E-state index contributed by atoms with van der Waals surface area (Å²) in [5, 5.41) is 4.32. The predicted molar refractivity (Wildman–Crippen MR) is 84.3 cm³/mol. The van der Waals surface area contributed by atoms with Crippen molar-refractivity contribution in [3.8, 4) is 5.82 Å². The number of hydrogen-bond donors (Lipinski definition) is 0. The van der Waals surface area contributed by atoms with Gasteiger partial charge in [0.25, 0.3) is 0 Å². The minimum absolute atomic E-state index is 0.203. The van der Waals surface area contributed by atoms with Crippen LogP contribution in [0.3, 0.4) is 0 Å². The summed E-state index contributed by atoms with van der Waals surface area (Å²) in [7, 11) is 2.15. The van der Waals surface area contributed by atoms with Crippen molar-refractivity contribution in [1.82, 2.24) is 24.6 Å². The maximum Gasteiger partial charge on any atom is 0.155 e. The Morgan fingerprint density at radius 3 is 2.71 bits per heavy atom. The first-order valence-electron chi connectivity index (χ1n) is 7.65. The molecule has 0 saturated heterocycles. The molecule has 0 aliphatic carbocycles. The van der Waals surface area contributed by atoms with Crippen LogP contribution < -0.4 is 0 Å². The molecule has 0 saturated carbocycles. The molecule has 0 bridgehead atoms. The van der Waals surface area contributed by atoms with Gasteiger partial charge >= 0.3 is 0 Å². The number of pyridine rings is 1. The van der Waals surface area contributed by atoms with Gasteiger partial charge in [0.2, 0.25) is 0 Å². The Bertz CT molecular complexity index is 537. The quantitative estimate of drug-likeness (QED) is 0.785. The molecule has 2 rings (SSSR count). The van der Waals surface area contributed by atoms with Crippen molar-refractivity contribution >= 4 is 0 Å². The molecule has 2 unspecified atom stereocenters. The molecular formula is C16H25N5. The van der Waals surface area contributed by atoms with E-state index in [9.17, 15) is 0 Å². The summed E-state index contributed by atoms with van der Waals surface area (Å²) in [6.45, 7) is 7.76. The van der Waals surface area contributed by atoms with Crippen molar-refractivity contribution in [2.75, 3.05) is 13.6 Å². The number of rotatable bonds is 7. The van der Waals surface area contributed by atoms with Gasteiger partial charge < -0.3 is 0 Å². The van der Waals surface area contributed by atoms with E-state index in [2.05, 4.69) is 47.8 Å². The maximum atomic E-state index is 4.44. The van der Waals surface area contributed by atoms with Gasteiger partial charge in [-0.3, -0.25) is 4.90 Å². The lowest BCUT2D eigenvalue weighted by Crippen LogP contribution is -2.29. The van der Waals surface area contributed by atoms with E-state index in [-0.39, 0.29) is 6.04 Å². The first kappa shape index (κ1) is 15.6. The van der Waals surface area contributed by atoms with Crippen LogP contribution in [-0.4, -0.2) is 38.2 Å². The van der Waals surface area contributed by atoms with E-state index in [4.69, 9.17) is 0 Å². The van der Waals surface area contributed by atoms with Crippen molar-refractivity contribution in [3.05, 3.63) is 36.5 Å². The molecule has 0 spiro atoms. The van der Waals surface area contributed by atoms with Gasteiger partial charge in [0.15, 0.2) is 11.6 Å². The van der Waals surface area contributed by atoms with Gasteiger partial charge in [-0.1, -0.05) is 26.3 Å². The third-order valence-corrected chi connectivity index (χ3v) is 3.86. The monoisotopic (exact) mass is 287 g/mol. The molecule has 5 nitrogen and oxygen atoms in total. The molecule has 2 aromatic heterocycles. The van der Waals surface area contributed by atoms with Gasteiger partial charge in [-0.15, -0.1) is 0 Å². The zero-order chi connectivity index (χ0) is 15.2. The second-order valence-corrected chi connectivity index (χ2v) is 5.73. The van der Waals surface area contributed by atoms with Crippen molar-refractivity contribution in [3.63, 3.8) is 0 Å². The molecular weight excluding hydrogens is 262 g/mol. The Labute approximate surface area is 127 Å². The average molecular weight is 287 g/mol. The second kappa shape index (κ2) is 7.31. The van der Waals surface area contributed by atoms with Crippen LogP contribution in [0.25, 0.3) is 5.82 Å². The normalized spacial score (nSPS) is 14.3. The Morgan fingerprint density at radius 1 is 1.24 bits per heavy atom. The second-order valence-electron chi connectivity index (χ2n) is 5.73. The van der Waals surface area contributed by atoms with Crippen LogP contribution in [0.4, 0.5) is 0 Å². The Balaban J connectivity index is 2.13. The average Bonchev–Trinajstić information content (AvgIpc) is 2.96. The molecule has 0 aliphatic heterocycles. The lowest BCUT2D eigenvalue weighted by atomic mass is 10.1. The van der Waals surface area contributed by atoms with Gasteiger partial charge in [0.05, 0.1) is 6.04 Å². The molecule has 21 heavy (non-hydrogen) atoms. The minimum atomic E-state index is 0.203. The van der Waals surface area contributed by atoms with Crippen LogP contribution in [0.5, 0.6) is 0 Å². The number of nitrogens with zero attached hydrogens (tertiary/aromatic N) is 5. The van der Waals surface area contributed by atoms with Crippen LogP contribution in [0.2, 0.25) is 0 Å². The van der Waals surface area contributed by atoms with E-state index in [0.717, 1.165) is 18.2 Å². The molecule has 0 aromatic carbocycles. The largest absolute Gasteiger partial charge is 0.296 e. The molecule has 2 heterocycles. The van der Waals surface area contributed by atoms with Crippen LogP contribution in [0.1, 0.15) is 45.5 Å². The van der Waals surface area contributed by atoms with Crippen LogP contribution in [0.15, 0.2) is 30.7 Å². The van der Waals surface area contributed by atoms with Gasteiger partial charge in [-0.05, 0) is 38.4 Å². The van der Waals surface area contributed by atoms with Gasteiger partial charge in [0, 0.05) is 12.7 Å². The summed E-state index contributed by atoms with van der Waals surface area (Å²) in [4.78, 5) is 11.1. The SMILES string of the molecule is CCCC(C)CN(C)C(C)c1ncnn1-c1ccccn1. The van der Waals surface area contributed by atoms with Crippen molar-refractivity contribution < 1.29 is 0 Å². The van der Waals surface area contributed by atoms with Crippen LogP contribution in [0, 0.1) is 5.92 Å². The fraction of sp³-hybridized carbons (Fsp3) is 0.562. The van der Waals surface area contributed by atoms with Crippen LogP contribution >= 0.6 is 0 Å². The summed E-state index contributed by atoms with van der Waals surface area (Å²) >= 11 is 0. The molecule has 0 amide bonds. The third-order valence-electron chi connectivity index (χ3n) is 3.86. The van der Waals surface area contributed by atoms with Crippen LogP contribution in [-0.2, 0) is 0 Å². The van der Waals surface area contributed by atoms with E-state index in [1.54, 1.807) is 12.5 Å². The Morgan fingerprint density at radius 2 is 2.05 bits per heavy atom. The summed E-state index contributed by atoms with van der Waals surface area (Å²) in [6.07, 6.45) is 5.86. The van der Waals surface area contributed by atoms with E-state index >= 15 is 0 Å². The smallest absolute Gasteiger partial charge is 0.155 e. The predicted octanol–water partition coefficient (Wildman–Crippen LogP) is 3.09. The van der Waals surface area contributed by atoms with Gasteiger partial charge in [-0.25, -0.2) is 9.97 Å². The first-order chi connectivity index (χ1) is 10.1. The highest BCUT2D eigenvalue weighted by molar-refractivity contribution is 5.22. The Hall–Kier alpha value is -1.75. The molecule has 0 radical (unpaired) electrons. The molecule has 0 fully saturated rings. The van der Waals surface area contributed by atoms with E-state index in [0.29, 0.717) is 5.92 Å². The van der Waals surface area contributed by atoms with Crippen molar-refractivity contribution in [1.29, 1.82) is 0 Å². The standard InChI is InChI=1S/C16H25N5/c1-5-8-13(2)11-20(4)14(3)16-18-12-19-21(16)15-9-6-7-10-17-15/h6-7,9-10,12-14H,5,8,11H2,1-4H3. The minimum Gasteiger partial charge on any atom is -0.296 e. The topological polar surface area (TPSA) is 46.8 Å². The van der Waals surface area contributed by atoms with E-state index in [1.165, 1.54) is 12.8 Å². The third kappa shape index (κ3) is 3.88. The number of hydrogen-bond acceptors (Lipinski definition) is 4. The fourth-order valence-corrected chi connectivity index (χ4v) is 2.62. The molecule has 0 N–H and O–H groups in total. The van der Waals surface area contributed by atoms with E-state index in [1.807, 2.05) is 22.9 Å². The highest BCUT2D eigenvalue weighted by Crippen LogP contribution is 2.20. The summed E-state index contributed by atoms with van der Waals surface area (Å²) in [6, 6.07) is 6.02. The van der Waals surface area contributed by atoms with Gasteiger partial charge in [-0.2, -0.15) is 9.78 Å². The summed E-state index contributed by atoms with van der Waals surface area (Å²) in [5.41, 5.74) is 0. The highest BCUT2D eigenvalue weighted by Gasteiger charge is 2.20. The summed E-state index contributed by atoms with van der Waals surface area (Å²) in [5.74, 6) is 2.43. The first-order valence-corrected chi connectivity index (χ1v) is 7.65. The molecule has 0 aliphatic rings. The zero-order valence-electron chi connectivity index (χ0n) is 13.4. The number of aromatic nitrogens is 4. The fourth-order valence-electron chi connectivity index (χ4n) is 2.62. The Kier molecular flexibility index (Phi) is 5.44. The lowest BCUT2D eigenvalue weighted by molar-refractivity contribution is 0.211. The highest BCUT2D eigenvalue weighted by atomic mass is 15.4. The molecule has 114 valence electrons. The molecule has 2 aromatic rings. The van der Waals surface area contributed by atoms with Crippen molar-refractivity contribution in [2.24, 2.45) is 5.92 Å². The molecule has 5 heteroatoms. The summed E-state index contributed by atoms with van der Waals surface area (Å²) < 4.78 is 1.83. The maximum absolute atomic E-state index is 4.44. The molecule has 2 atom stereocenters. The van der Waals surface area contributed by atoms with Gasteiger partial charge in [0.1, 0.15) is 6.33 Å². The zero-order valence-corrected chi connectivity index (χ0v) is 13.4.